The van der Waals surface area contributed by atoms with Crippen LogP contribution < -0.4 is 9.47 Å². The minimum atomic E-state index is 0.268. The standard InChI is InChI=1S/C18H20O3/c1-3-20-17-11-15(12-18(13-17)21-4-2)6-5-14-7-9-16(19)10-8-14/h5-13,19H,3-4H2,1-2H3. The Balaban J connectivity index is 2.22. The van der Waals surface area contributed by atoms with Gasteiger partial charge in [-0.1, -0.05) is 24.3 Å². The second kappa shape index (κ2) is 7.39. The van der Waals surface area contributed by atoms with Gasteiger partial charge in [0.2, 0.25) is 0 Å². The Morgan fingerprint density at radius 3 is 1.86 bits per heavy atom. The maximum atomic E-state index is 9.28. The Hall–Kier alpha value is -2.42. The second-order valence-corrected chi connectivity index (χ2v) is 4.53. The average molecular weight is 284 g/mol. The predicted molar refractivity (Wildman–Crippen MR) is 85.8 cm³/mol. The molecule has 0 bridgehead atoms. The van der Waals surface area contributed by atoms with Crippen LogP contribution in [0.2, 0.25) is 0 Å². The molecule has 0 saturated carbocycles. The number of hydrogen-bond acceptors (Lipinski definition) is 3. The fraction of sp³-hybridized carbons (Fsp3) is 0.222. The quantitative estimate of drug-likeness (QED) is 0.801. The van der Waals surface area contributed by atoms with Crippen LogP contribution >= 0.6 is 0 Å². The van der Waals surface area contributed by atoms with Gasteiger partial charge in [-0.3, -0.25) is 0 Å². The number of phenolic OH excluding ortho intramolecular Hbond substituents is 1. The van der Waals surface area contributed by atoms with Crippen molar-refractivity contribution >= 4 is 12.2 Å². The van der Waals surface area contributed by atoms with Crippen LogP contribution in [-0.4, -0.2) is 18.3 Å². The summed E-state index contributed by atoms with van der Waals surface area (Å²) >= 11 is 0. The Bertz CT molecular complexity index is 576. The van der Waals surface area contributed by atoms with Gasteiger partial charge < -0.3 is 14.6 Å². The van der Waals surface area contributed by atoms with Gasteiger partial charge in [-0.05, 0) is 49.2 Å². The van der Waals surface area contributed by atoms with Crippen molar-refractivity contribution in [2.45, 2.75) is 13.8 Å². The third kappa shape index (κ3) is 4.56. The lowest BCUT2D eigenvalue weighted by Crippen LogP contribution is -1.95. The van der Waals surface area contributed by atoms with Crippen molar-refractivity contribution in [3.8, 4) is 17.2 Å². The summed E-state index contributed by atoms with van der Waals surface area (Å²) in [5.74, 6) is 1.87. The third-order valence-corrected chi connectivity index (χ3v) is 2.89. The number of benzene rings is 2. The molecule has 0 aliphatic heterocycles. The van der Waals surface area contributed by atoms with Gasteiger partial charge in [-0.15, -0.1) is 0 Å². The van der Waals surface area contributed by atoms with E-state index in [1.165, 1.54) is 0 Å². The summed E-state index contributed by atoms with van der Waals surface area (Å²) in [6.45, 7) is 5.16. The maximum Gasteiger partial charge on any atom is 0.123 e. The van der Waals surface area contributed by atoms with Crippen LogP contribution in [-0.2, 0) is 0 Å². The molecular formula is C18H20O3. The van der Waals surface area contributed by atoms with Crippen molar-refractivity contribution in [3.05, 3.63) is 53.6 Å². The van der Waals surface area contributed by atoms with E-state index in [1.807, 2.05) is 56.3 Å². The van der Waals surface area contributed by atoms with E-state index in [0.29, 0.717) is 13.2 Å². The van der Waals surface area contributed by atoms with Gasteiger partial charge in [0.05, 0.1) is 13.2 Å². The predicted octanol–water partition coefficient (Wildman–Crippen LogP) is 4.36. The molecule has 0 fully saturated rings. The van der Waals surface area contributed by atoms with Gasteiger partial charge in [0.15, 0.2) is 0 Å². The van der Waals surface area contributed by atoms with Crippen LogP contribution in [0.5, 0.6) is 17.2 Å². The number of hydrogen-bond donors (Lipinski definition) is 1. The molecule has 3 nitrogen and oxygen atoms in total. The van der Waals surface area contributed by atoms with E-state index in [4.69, 9.17) is 9.47 Å². The molecule has 3 heteroatoms. The zero-order valence-corrected chi connectivity index (χ0v) is 12.4. The first-order valence-corrected chi connectivity index (χ1v) is 7.09. The number of aromatic hydroxyl groups is 1. The van der Waals surface area contributed by atoms with E-state index in [2.05, 4.69) is 0 Å². The van der Waals surface area contributed by atoms with Crippen molar-refractivity contribution in [1.29, 1.82) is 0 Å². The molecule has 0 spiro atoms. The number of ether oxygens (including phenoxy) is 2. The van der Waals surface area contributed by atoms with Crippen LogP contribution in [0.15, 0.2) is 42.5 Å². The van der Waals surface area contributed by atoms with Gasteiger partial charge in [0.1, 0.15) is 17.2 Å². The van der Waals surface area contributed by atoms with E-state index in [1.54, 1.807) is 12.1 Å². The summed E-state index contributed by atoms with van der Waals surface area (Å²) in [4.78, 5) is 0. The van der Waals surface area contributed by atoms with Crippen molar-refractivity contribution in [3.63, 3.8) is 0 Å². The van der Waals surface area contributed by atoms with Crippen LogP contribution in [0.1, 0.15) is 25.0 Å². The van der Waals surface area contributed by atoms with Crippen molar-refractivity contribution in [2.24, 2.45) is 0 Å². The van der Waals surface area contributed by atoms with Gasteiger partial charge in [0, 0.05) is 6.07 Å². The largest absolute Gasteiger partial charge is 0.508 e. The SMILES string of the molecule is CCOc1cc(C=Cc2ccc(O)cc2)cc(OCC)c1. The molecule has 2 aromatic carbocycles. The molecule has 110 valence electrons. The Kier molecular flexibility index (Phi) is 5.27. The zero-order chi connectivity index (χ0) is 15.1. The van der Waals surface area contributed by atoms with E-state index >= 15 is 0 Å². The van der Waals surface area contributed by atoms with Crippen molar-refractivity contribution < 1.29 is 14.6 Å². The maximum absolute atomic E-state index is 9.28. The molecule has 0 saturated heterocycles. The van der Waals surface area contributed by atoms with Crippen molar-refractivity contribution in [1.82, 2.24) is 0 Å². The molecule has 0 heterocycles. The van der Waals surface area contributed by atoms with Gasteiger partial charge >= 0.3 is 0 Å². The minimum Gasteiger partial charge on any atom is -0.508 e. The number of rotatable bonds is 6. The minimum absolute atomic E-state index is 0.268. The van der Waals surface area contributed by atoms with Crippen molar-refractivity contribution in [2.75, 3.05) is 13.2 Å². The van der Waals surface area contributed by atoms with E-state index in [0.717, 1.165) is 22.6 Å². The molecule has 0 aromatic heterocycles. The molecule has 2 aromatic rings. The monoisotopic (exact) mass is 284 g/mol. The molecular weight excluding hydrogens is 264 g/mol. The Labute approximate surface area is 125 Å². The van der Waals surface area contributed by atoms with Crippen LogP contribution in [0.4, 0.5) is 0 Å². The molecule has 0 unspecified atom stereocenters. The zero-order valence-electron chi connectivity index (χ0n) is 12.4. The lowest BCUT2D eigenvalue weighted by atomic mass is 10.1. The summed E-state index contributed by atoms with van der Waals surface area (Å²) in [6, 6.07) is 12.9. The molecule has 0 radical (unpaired) electrons. The Morgan fingerprint density at radius 2 is 1.33 bits per heavy atom. The molecule has 0 aliphatic carbocycles. The van der Waals surface area contributed by atoms with Crippen LogP contribution in [0, 0.1) is 0 Å². The van der Waals surface area contributed by atoms with Crippen LogP contribution in [0.25, 0.3) is 12.2 Å². The van der Waals surface area contributed by atoms with Crippen LogP contribution in [0.3, 0.4) is 0 Å². The second-order valence-electron chi connectivity index (χ2n) is 4.53. The molecule has 2 rings (SSSR count). The lowest BCUT2D eigenvalue weighted by Gasteiger charge is -2.09. The fourth-order valence-corrected chi connectivity index (χ4v) is 1.97. The normalized spacial score (nSPS) is 10.8. The van der Waals surface area contributed by atoms with Gasteiger partial charge in [-0.25, -0.2) is 0 Å². The molecule has 0 aliphatic rings. The van der Waals surface area contributed by atoms with Gasteiger partial charge in [-0.2, -0.15) is 0 Å². The summed E-state index contributed by atoms with van der Waals surface area (Å²) in [5, 5.41) is 9.28. The topological polar surface area (TPSA) is 38.7 Å². The smallest absolute Gasteiger partial charge is 0.123 e. The first-order valence-electron chi connectivity index (χ1n) is 7.09. The van der Waals surface area contributed by atoms with E-state index in [-0.39, 0.29) is 5.75 Å². The number of phenols is 1. The molecule has 0 amide bonds. The lowest BCUT2D eigenvalue weighted by molar-refractivity contribution is 0.323. The summed E-state index contributed by atoms with van der Waals surface area (Å²) in [5.41, 5.74) is 2.03. The highest BCUT2D eigenvalue weighted by atomic mass is 16.5. The Morgan fingerprint density at radius 1 is 0.810 bits per heavy atom. The fourth-order valence-electron chi connectivity index (χ4n) is 1.97. The first kappa shape index (κ1) is 15.0. The molecule has 0 atom stereocenters. The summed E-state index contributed by atoms with van der Waals surface area (Å²) < 4.78 is 11.1. The summed E-state index contributed by atoms with van der Waals surface area (Å²) in [7, 11) is 0. The summed E-state index contributed by atoms with van der Waals surface area (Å²) in [6.07, 6.45) is 3.98. The first-order chi connectivity index (χ1) is 10.2. The highest BCUT2D eigenvalue weighted by Crippen LogP contribution is 2.24. The third-order valence-electron chi connectivity index (χ3n) is 2.89. The van der Waals surface area contributed by atoms with E-state index in [9.17, 15) is 5.11 Å². The highest BCUT2D eigenvalue weighted by Gasteiger charge is 2.01. The molecule has 1 N–H and O–H groups in total. The average Bonchev–Trinajstić information content (AvgIpc) is 2.47. The van der Waals surface area contributed by atoms with E-state index < -0.39 is 0 Å². The van der Waals surface area contributed by atoms with Gasteiger partial charge in [0.25, 0.3) is 0 Å². The highest BCUT2D eigenvalue weighted by molar-refractivity contribution is 5.71. The molecule has 21 heavy (non-hydrogen) atoms.